The lowest BCUT2D eigenvalue weighted by Crippen LogP contribution is -2.47. The van der Waals surface area contributed by atoms with Gasteiger partial charge in [0.05, 0.1) is 0 Å². The summed E-state index contributed by atoms with van der Waals surface area (Å²) < 4.78 is 40.2. The largest absolute Gasteiger partial charge is 0.505 e. The molecular formula is C13H19Cl2F3N2O. The molecule has 21 heavy (non-hydrogen) atoms. The number of phenolic OH excluding ortho intramolecular Hbond substituents is 1. The van der Waals surface area contributed by atoms with Crippen molar-refractivity contribution in [2.45, 2.75) is 19.4 Å². The van der Waals surface area contributed by atoms with Crippen molar-refractivity contribution in [3.63, 3.8) is 0 Å². The fourth-order valence-electron chi connectivity index (χ4n) is 2.48. The molecule has 0 unspecified atom stereocenters. The molecule has 122 valence electrons. The van der Waals surface area contributed by atoms with E-state index in [0.29, 0.717) is 31.7 Å². The van der Waals surface area contributed by atoms with Gasteiger partial charge in [-0.25, -0.2) is 13.2 Å². The highest BCUT2D eigenvalue weighted by Gasteiger charge is 2.34. The number of alkyl halides is 2. The van der Waals surface area contributed by atoms with E-state index in [9.17, 15) is 18.3 Å². The first-order chi connectivity index (χ1) is 9.02. The quantitative estimate of drug-likeness (QED) is 0.883. The molecule has 1 aromatic carbocycles. The zero-order valence-corrected chi connectivity index (χ0v) is 13.1. The molecule has 0 saturated carbocycles. The monoisotopic (exact) mass is 346 g/mol. The summed E-state index contributed by atoms with van der Waals surface area (Å²) in [7, 11) is 0. The molecular weight excluding hydrogens is 328 g/mol. The summed E-state index contributed by atoms with van der Waals surface area (Å²) in [5.41, 5.74) is 0.472. The predicted octanol–water partition coefficient (Wildman–Crippen LogP) is 2.89. The van der Waals surface area contributed by atoms with Crippen LogP contribution in [0.3, 0.4) is 0 Å². The summed E-state index contributed by atoms with van der Waals surface area (Å²) in [6.07, 6.45) is -2.68. The number of rotatable bonds is 3. The van der Waals surface area contributed by atoms with Crippen molar-refractivity contribution in [3.05, 3.63) is 29.1 Å². The van der Waals surface area contributed by atoms with E-state index in [2.05, 4.69) is 5.32 Å². The van der Waals surface area contributed by atoms with Gasteiger partial charge in [0.15, 0.2) is 11.6 Å². The Kier molecular flexibility index (Phi) is 8.39. The van der Waals surface area contributed by atoms with Gasteiger partial charge in [0.2, 0.25) is 0 Å². The summed E-state index contributed by atoms with van der Waals surface area (Å²) in [4.78, 5) is 1.59. The van der Waals surface area contributed by atoms with Gasteiger partial charge in [-0.1, -0.05) is 6.07 Å². The van der Waals surface area contributed by atoms with Crippen LogP contribution in [0.2, 0.25) is 0 Å². The highest BCUT2D eigenvalue weighted by Crippen LogP contribution is 2.37. The van der Waals surface area contributed by atoms with Crippen LogP contribution in [0.4, 0.5) is 13.2 Å². The molecule has 0 aliphatic carbocycles. The molecule has 1 fully saturated rings. The number of benzene rings is 1. The molecule has 8 heteroatoms. The molecule has 2 rings (SSSR count). The lowest BCUT2D eigenvalue weighted by Gasteiger charge is -2.35. The molecule has 0 bridgehead atoms. The Morgan fingerprint density at radius 2 is 1.76 bits per heavy atom. The zero-order valence-electron chi connectivity index (χ0n) is 11.5. The predicted molar refractivity (Wildman–Crippen MR) is 80.5 cm³/mol. The molecule has 1 heterocycles. The lowest BCUT2D eigenvalue weighted by molar-refractivity contribution is 0.0164. The Balaban J connectivity index is 0.00000200. The van der Waals surface area contributed by atoms with Crippen LogP contribution in [0.25, 0.3) is 0 Å². The van der Waals surface area contributed by atoms with Gasteiger partial charge in [-0.05, 0) is 18.6 Å². The maximum absolute atomic E-state index is 13.4. The van der Waals surface area contributed by atoms with Crippen molar-refractivity contribution in [2.24, 2.45) is 0 Å². The number of hydrogen-bond acceptors (Lipinski definition) is 3. The maximum Gasteiger partial charge on any atom is 0.258 e. The Bertz CT molecular complexity index is 457. The smallest absolute Gasteiger partial charge is 0.258 e. The van der Waals surface area contributed by atoms with Crippen molar-refractivity contribution in [1.29, 1.82) is 0 Å². The van der Waals surface area contributed by atoms with Crippen LogP contribution in [0.1, 0.15) is 17.2 Å². The molecule has 0 aromatic heterocycles. The number of nitrogens with zero attached hydrogens (tertiary/aromatic N) is 1. The van der Waals surface area contributed by atoms with Gasteiger partial charge in [0, 0.05) is 31.7 Å². The van der Waals surface area contributed by atoms with Crippen molar-refractivity contribution >= 4 is 24.8 Å². The molecule has 3 nitrogen and oxygen atoms in total. The van der Waals surface area contributed by atoms with E-state index in [4.69, 9.17) is 0 Å². The minimum Gasteiger partial charge on any atom is -0.505 e. The minimum atomic E-state index is -2.68. The summed E-state index contributed by atoms with van der Waals surface area (Å²) in [5, 5.41) is 12.9. The molecule has 0 spiro atoms. The Hall–Kier alpha value is -0.690. The fraction of sp³-hybridized carbons (Fsp3) is 0.538. The molecule has 1 aliphatic heterocycles. The van der Waals surface area contributed by atoms with Crippen LogP contribution >= 0.6 is 24.8 Å². The Morgan fingerprint density at radius 1 is 1.19 bits per heavy atom. The van der Waals surface area contributed by atoms with Gasteiger partial charge in [-0.2, -0.15) is 0 Å². The summed E-state index contributed by atoms with van der Waals surface area (Å²) in [6, 6.07) is 1.24. The maximum atomic E-state index is 13.4. The number of phenols is 1. The fourth-order valence-corrected chi connectivity index (χ4v) is 2.48. The second kappa shape index (κ2) is 8.68. The van der Waals surface area contributed by atoms with Gasteiger partial charge >= 0.3 is 0 Å². The van der Waals surface area contributed by atoms with Crippen molar-refractivity contribution in [2.75, 3.05) is 26.2 Å². The average molecular weight is 347 g/mol. The topological polar surface area (TPSA) is 35.5 Å². The third kappa shape index (κ3) is 4.39. The van der Waals surface area contributed by atoms with Gasteiger partial charge in [-0.3, -0.25) is 4.90 Å². The first kappa shape index (κ1) is 20.3. The molecule has 1 aliphatic rings. The first-order valence-corrected chi connectivity index (χ1v) is 6.23. The van der Waals surface area contributed by atoms with E-state index in [1.807, 2.05) is 0 Å². The number of nitrogens with one attached hydrogen (secondary N) is 1. The van der Waals surface area contributed by atoms with E-state index in [-0.39, 0.29) is 30.4 Å². The van der Waals surface area contributed by atoms with Gasteiger partial charge < -0.3 is 10.4 Å². The van der Waals surface area contributed by atoms with E-state index >= 15 is 0 Å². The van der Waals surface area contributed by atoms with E-state index in [1.54, 1.807) is 11.8 Å². The number of hydrogen-bond donors (Lipinski definition) is 2. The molecule has 0 radical (unpaired) electrons. The summed E-state index contributed by atoms with van der Waals surface area (Å²) in [6.45, 7) is 3.72. The molecule has 1 saturated heterocycles. The van der Waals surface area contributed by atoms with Crippen LogP contribution in [-0.4, -0.2) is 42.6 Å². The molecule has 0 amide bonds. The van der Waals surface area contributed by atoms with Gasteiger partial charge in [-0.15, -0.1) is 24.8 Å². The van der Waals surface area contributed by atoms with Gasteiger partial charge in [0.1, 0.15) is 6.04 Å². The highest BCUT2D eigenvalue weighted by atomic mass is 35.5. The third-order valence-corrected chi connectivity index (χ3v) is 3.47. The molecule has 1 atom stereocenters. The Morgan fingerprint density at radius 3 is 2.29 bits per heavy atom. The van der Waals surface area contributed by atoms with E-state index < -0.39 is 24.0 Å². The number of piperazine rings is 1. The van der Waals surface area contributed by atoms with Crippen molar-refractivity contribution in [3.8, 4) is 5.75 Å². The standard InChI is InChI=1S/C13H17F3N2O.2ClH/c1-8-2-3-9(14)12(19)10(8)11(13(15)16)18-6-4-17-5-7-18;;/h2-3,11,13,17,19H,4-7H2,1H3;2*1H/t11-;;/m0../s1. The van der Waals surface area contributed by atoms with E-state index in [1.165, 1.54) is 6.07 Å². The normalized spacial score (nSPS) is 17.0. The van der Waals surface area contributed by atoms with Crippen LogP contribution in [-0.2, 0) is 0 Å². The lowest BCUT2D eigenvalue weighted by atomic mass is 9.98. The number of aromatic hydroxyl groups is 1. The van der Waals surface area contributed by atoms with Crippen LogP contribution in [0, 0.1) is 12.7 Å². The number of aryl methyl sites for hydroxylation is 1. The summed E-state index contributed by atoms with van der Waals surface area (Å²) in [5.74, 6) is -1.52. The van der Waals surface area contributed by atoms with Gasteiger partial charge in [0.25, 0.3) is 6.43 Å². The third-order valence-electron chi connectivity index (χ3n) is 3.47. The zero-order chi connectivity index (χ0) is 14.0. The van der Waals surface area contributed by atoms with Crippen LogP contribution in [0.15, 0.2) is 12.1 Å². The van der Waals surface area contributed by atoms with E-state index in [0.717, 1.165) is 6.07 Å². The second-order valence-corrected chi connectivity index (χ2v) is 4.69. The molecule has 1 aromatic rings. The number of halogens is 5. The van der Waals surface area contributed by atoms with Crippen molar-refractivity contribution < 1.29 is 18.3 Å². The summed E-state index contributed by atoms with van der Waals surface area (Å²) >= 11 is 0. The molecule has 2 N–H and O–H groups in total. The Labute approximate surface area is 134 Å². The van der Waals surface area contributed by atoms with Crippen LogP contribution in [0.5, 0.6) is 5.75 Å². The first-order valence-electron chi connectivity index (χ1n) is 6.23. The minimum absolute atomic E-state index is 0. The highest BCUT2D eigenvalue weighted by molar-refractivity contribution is 5.85. The van der Waals surface area contributed by atoms with Crippen LogP contribution < -0.4 is 5.32 Å². The average Bonchev–Trinajstić information content (AvgIpc) is 2.39. The second-order valence-electron chi connectivity index (χ2n) is 4.69. The SMILES string of the molecule is Cc1ccc(F)c(O)c1[C@@H](C(F)F)N1CCNCC1.Cl.Cl. The van der Waals surface area contributed by atoms with Crippen molar-refractivity contribution in [1.82, 2.24) is 10.2 Å².